The van der Waals surface area contributed by atoms with Crippen LogP contribution in [0.1, 0.15) is 5.56 Å². The first kappa shape index (κ1) is 19.0. The van der Waals surface area contributed by atoms with Crippen molar-refractivity contribution in [2.24, 2.45) is 7.05 Å². The van der Waals surface area contributed by atoms with Gasteiger partial charge in [-0.25, -0.2) is 4.98 Å². The predicted molar refractivity (Wildman–Crippen MR) is 110 cm³/mol. The molecule has 0 fully saturated rings. The van der Waals surface area contributed by atoms with Crippen molar-refractivity contribution in [1.29, 1.82) is 0 Å². The van der Waals surface area contributed by atoms with E-state index in [1.807, 2.05) is 0 Å². The number of fused-ring (bicyclic) bond motifs is 3. The van der Waals surface area contributed by atoms with E-state index in [4.69, 9.17) is 4.98 Å². The van der Waals surface area contributed by atoms with Crippen LogP contribution >= 0.6 is 0 Å². The quantitative estimate of drug-likeness (QED) is 0.398. The Labute approximate surface area is 173 Å². The van der Waals surface area contributed by atoms with E-state index in [9.17, 15) is 18.0 Å². The fraction of sp³-hybridized carbons (Fsp3) is 0.0909. The maximum Gasteiger partial charge on any atom is 0.416 e. The molecule has 9 heteroatoms. The largest absolute Gasteiger partial charge is 0.416 e. The number of hydrogen-bond donors (Lipinski definition) is 0. The number of aromatic nitrogens is 5. The third kappa shape index (κ3) is 3.14. The summed E-state index contributed by atoms with van der Waals surface area (Å²) in [7, 11) is 1.78. The lowest BCUT2D eigenvalue weighted by Crippen LogP contribution is -2.18. The summed E-state index contributed by atoms with van der Waals surface area (Å²) >= 11 is 0. The molecule has 0 saturated heterocycles. The van der Waals surface area contributed by atoms with Crippen molar-refractivity contribution in [3.8, 4) is 17.1 Å². The maximum atomic E-state index is 13.3. The summed E-state index contributed by atoms with van der Waals surface area (Å²) in [6.07, 6.45) is -1.31. The number of alkyl halides is 3. The van der Waals surface area contributed by atoms with Crippen LogP contribution in [0.5, 0.6) is 0 Å². The van der Waals surface area contributed by atoms with Crippen LogP contribution in [0.4, 0.5) is 13.2 Å². The highest BCUT2D eigenvalue weighted by atomic mass is 19.4. The molecule has 0 aliphatic rings. The van der Waals surface area contributed by atoms with Crippen molar-refractivity contribution in [1.82, 2.24) is 24.3 Å². The topological polar surface area (TPSA) is 65.6 Å². The molecule has 0 radical (unpaired) electrons. The number of halogens is 3. The van der Waals surface area contributed by atoms with Crippen LogP contribution in [0.25, 0.3) is 39.0 Å². The maximum absolute atomic E-state index is 13.3. The Hall–Kier alpha value is -4.01. The van der Waals surface area contributed by atoms with Crippen LogP contribution in [-0.2, 0) is 13.2 Å². The molecule has 0 aliphatic heterocycles. The summed E-state index contributed by atoms with van der Waals surface area (Å²) in [4.78, 5) is 21.9. The Morgan fingerprint density at radius 2 is 1.84 bits per heavy atom. The van der Waals surface area contributed by atoms with Gasteiger partial charge in [-0.2, -0.15) is 18.3 Å². The minimum atomic E-state index is -4.53. The van der Waals surface area contributed by atoms with Gasteiger partial charge in [-0.3, -0.25) is 19.0 Å². The van der Waals surface area contributed by atoms with E-state index in [1.54, 1.807) is 48.4 Å². The SMILES string of the molecule is Cn1nccc1-c1ccc2ncc3ccc(=O)n(-c4cccc(C(F)(F)F)c4)c3c2n1. The monoisotopic (exact) mass is 421 g/mol. The fourth-order valence-corrected chi connectivity index (χ4v) is 3.62. The third-order valence-corrected chi connectivity index (χ3v) is 5.08. The molecular weight excluding hydrogens is 407 g/mol. The van der Waals surface area contributed by atoms with Gasteiger partial charge < -0.3 is 0 Å². The van der Waals surface area contributed by atoms with Gasteiger partial charge >= 0.3 is 6.18 Å². The molecule has 0 atom stereocenters. The Bertz CT molecular complexity index is 1520. The number of aryl methyl sites for hydroxylation is 1. The number of benzene rings is 1. The number of hydrogen-bond acceptors (Lipinski definition) is 4. The molecule has 4 aromatic heterocycles. The summed E-state index contributed by atoms with van der Waals surface area (Å²) in [6, 6.07) is 12.9. The lowest BCUT2D eigenvalue weighted by atomic mass is 10.1. The van der Waals surface area contributed by atoms with Crippen LogP contribution in [0.2, 0.25) is 0 Å². The minimum Gasteiger partial charge on any atom is -0.275 e. The van der Waals surface area contributed by atoms with E-state index in [0.29, 0.717) is 27.6 Å². The smallest absolute Gasteiger partial charge is 0.275 e. The van der Waals surface area contributed by atoms with E-state index in [2.05, 4.69) is 10.1 Å². The van der Waals surface area contributed by atoms with Crippen LogP contribution in [0.15, 0.2) is 71.8 Å². The number of rotatable bonds is 2. The van der Waals surface area contributed by atoms with Crippen molar-refractivity contribution < 1.29 is 13.2 Å². The number of nitrogens with zero attached hydrogens (tertiary/aromatic N) is 5. The first-order chi connectivity index (χ1) is 14.8. The zero-order valence-electron chi connectivity index (χ0n) is 16.1. The van der Waals surface area contributed by atoms with Gasteiger partial charge in [0.15, 0.2) is 0 Å². The molecule has 5 aromatic rings. The molecule has 0 N–H and O–H groups in total. The van der Waals surface area contributed by atoms with Crippen LogP contribution in [0.3, 0.4) is 0 Å². The lowest BCUT2D eigenvalue weighted by molar-refractivity contribution is -0.137. The first-order valence-electron chi connectivity index (χ1n) is 9.30. The summed E-state index contributed by atoms with van der Waals surface area (Å²) in [5.74, 6) is 0. The molecule has 0 spiro atoms. The molecule has 0 amide bonds. The van der Waals surface area contributed by atoms with Crippen LogP contribution in [0, 0.1) is 0 Å². The second-order valence-electron chi connectivity index (χ2n) is 7.02. The summed E-state index contributed by atoms with van der Waals surface area (Å²) in [6.45, 7) is 0. The Morgan fingerprint density at radius 1 is 1.00 bits per heavy atom. The van der Waals surface area contributed by atoms with Crippen LogP contribution in [-0.4, -0.2) is 24.3 Å². The molecule has 0 saturated carbocycles. The first-order valence-corrected chi connectivity index (χ1v) is 9.30. The van der Waals surface area contributed by atoms with Gasteiger partial charge in [0.05, 0.1) is 28.0 Å². The molecule has 0 unspecified atom stereocenters. The molecule has 0 bridgehead atoms. The summed E-state index contributed by atoms with van der Waals surface area (Å²) < 4.78 is 42.7. The fourth-order valence-electron chi connectivity index (χ4n) is 3.62. The Balaban J connectivity index is 1.87. The van der Waals surface area contributed by atoms with Gasteiger partial charge in [-0.1, -0.05) is 6.07 Å². The average Bonchev–Trinajstić information content (AvgIpc) is 3.18. The van der Waals surface area contributed by atoms with Gasteiger partial charge in [0.25, 0.3) is 5.56 Å². The zero-order valence-corrected chi connectivity index (χ0v) is 16.1. The van der Waals surface area contributed by atoms with E-state index >= 15 is 0 Å². The zero-order chi connectivity index (χ0) is 21.8. The van der Waals surface area contributed by atoms with Crippen molar-refractivity contribution in [2.75, 3.05) is 0 Å². The van der Waals surface area contributed by atoms with E-state index in [1.165, 1.54) is 22.8 Å². The van der Waals surface area contributed by atoms with E-state index in [-0.39, 0.29) is 5.69 Å². The standard InChI is InChI=1S/C22H14F3N5O/c1-29-18(9-10-27-29)16-6-7-17-20(28-16)21-13(12-26-17)5-8-19(31)30(21)15-4-2-3-14(11-15)22(23,24)25/h2-12H,1H3. The minimum absolute atomic E-state index is 0.102. The van der Waals surface area contributed by atoms with Crippen molar-refractivity contribution in [3.63, 3.8) is 0 Å². The second-order valence-corrected chi connectivity index (χ2v) is 7.02. The predicted octanol–water partition coefficient (Wildman–Crippen LogP) is 4.35. The molecule has 5 rings (SSSR count). The molecule has 0 aliphatic carbocycles. The lowest BCUT2D eigenvalue weighted by Gasteiger charge is -2.14. The molecule has 154 valence electrons. The third-order valence-electron chi connectivity index (χ3n) is 5.08. The highest BCUT2D eigenvalue weighted by Crippen LogP contribution is 2.31. The molecular formula is C22H14F3N5O. The molecule has 31 heavy (non-hydrogen) atoms. The average molecular weight is 421 g/mol. The van der Waals surface area contributed by atoms with Gasteiger partial charge in [0.2, 0.25) is 0 Å². The second kappa shape index (κ2) is 6.76. The van der Waals surface area contributed by atoms with Gasteiger partial charge in [-0.05, 0) is 42.5 Å². The van der Waals surface area contributed by atoms with E-state index < -0.39 is 17.3 Å². The summed E-state index contributed by atoms with van der Waals surface area (Å²) in [5, 5.41) is 4.73. The van der Waals surface area contributed by atoms with Crippen LogP contribution < -0.4 is 5.56 Å². The van der Waals surface area contributed by atoms with Crippen molar-refractivity contribution in [3.05, 3.63) is 82.9 Å². The number of pyridine rings is 3. The van der Waals surface area contributed by atoms with Crippen molar-refractivity contribution >= 4 is 21.9 Å². The van der Waals surface area contributed by atoms with Gasteiger partial charge in [0, 0.05) is 36.6 Å². The highest BCUT2D eigenvalue weighted by molar-refractivity contribution is 6.02. The Morgan fingerprint density at radius 3 is 2.58 bits per heavy atom. The van der Waals surface area contributed by atoms with E-state index in [0.717, 1.165) is 17.8 Å². The Kier molecular flexibility index (Phi) is 4.14. The van der Waals surface area contributed by atoms with Crippen molar-refractivity contribution in [2.45, 2.75) is 6.18 Å². The molecule has 1 aromatic carbocycles. The molecule has 6 nitrogen and oxygen atoms in total. The van der Waals surface area contributed by atoms with Gasteiger partial charge in [-0.15, -0.1) is 0 Å². The summed E-state index contributed by atoms with van der Waals surface area (Å²) in [5.41, 5.74) is 1.47. The van der Waals surface area contributed by atoms with Gasteiger partial charge in [0.1, 0.15) is 5.52 Å². The molecule has 4 heterocycles. The normalized spacial score (nSPS) is 12.0. The highest BCUT2D eigenvalue weighted by Gasteiger charge is 2.30.